The standard InChI is InChI=1S/C31H43N3O3/c1-23(2)27-6-4-5-7-28(27)29-22-32(15-12-24-8-10-26(37-3)11-9-24)18-19-34(29)25-20-31(21-25)13-16-33(17-14-31)30(35)36/h4-11,23,25,29H,12-22H2,1-3H3,(H,35,36). The van der Waals surface area contributed by atoms with Crippen LogP contribution < -0.4 is 4.74 Å². The molecule has 1 aliphatic carbocycles. The highest BCUT2D eigenvalue weighted by molar-refractivity contribution is 5.65. The van der Waals surface area contributed by atoms with Crippen molar-refractivity contribution in [2.75, 3.05) is 46.4 Å². The summed E-state index contributed by atoms with van der Waals surface area (Å²) in [5, 5.41) is 9.36. The van der Waals surface area contributed by atoms with Crippen molar-refractivity contribution in [3.05, 3.63) is 65.2 Å². The minimum Gasteiger partial charge on any atom is -0.497 e. The fourth-order valence-electron chi connectivity index (χ4n) is 6.95. The summed E-state index contributed by atoms with van der Waals surface area (Å²) in [6.45, 7) is 10.3. The number of piperazine rings is 1. The number of rotatable bonds is 7. The summed E-state index contributed by atoms with van der Waals surface area (Å²) < 4.78 is 5.32. The smallest absolute Gasteiger partial charge is 0.407 e. The normalized spacial score (nSPS) is 22.8. The first-order valence-corrected chi connectivity index (χ1v) is 14.1. The highest BCUT2D eigenvalue weighted by Crippen LogP contribution is 2.52. The van der Waals surface area contributed by atoms with E-state index in [4.69, 9.17) is 4.74 Å². The number of hydrogen-bond donors (Lipinski definition) is 1. The van der Waals surface area contributed by atoms with Crippen LogP contribution in [-0.2, 0) is 6.42 Å². The first-order chi connectivity index (χ1) is 17.9. The first kappa shape index (κ1) is 26.1. The van der Waals surface area contributed by atoms with Crippen LogP contribution >= 0.6 is 0 Å². The number of benzene rings is 2. The quantitative estimate of drug-likeness (QED) is 0.528. The van der Waals surface area contributed by atoms with E-state index in [2.05, 4.69) is 72.2 Å². The molecule has 6 nitrogen and oxygen atoms in total. The molecule has 2 aromatic carbocycles. The number of amides is 1. The van der Waals surface area contributed by atoms with E-state index in [1.54, 1.807) is 12.0 Å². The summed E-state index contributed by atoms with van der Waals surface area (Å²) in [5.74, 6) is 1.41. The SMILES string of the molecule is COc1ccc(CCN2CCN(C3CC4(CCN(C(=O)O)CC4)C3)C(c3ccccc3C(C)C)C2)cc1. The molecule has 6 heteroatoms. The molecule has 2 heterocycles. The second-order valence-corrected chi connectivity index (χ2v) is 11.8. The molecule has 1 N–H and O–H groups in total. The number of ether oxygens (including phenoxy) is 1. The number of likely N-dealkylation sites (tertiary alicyclic amines) is 1. The lowest BCUT2D eigenvalue weighted by Crippen LogP contribution is -2.60. The van der Waals surface area contributed by atoms with E-state index < -0.39 is 6.09 Å². The largest absolute Gasteiger partial charge is 0.497 e. The zero-order valence-corrected chi connectivity index (χ0v) is 22.7. The van der Waals surface area contributed by atoms with Gasteiger partial charge in [-0.05, 0) is 72.3 Å². The van der Waals surface area contributed by atoms with Crippen molar-refractivity contribution >= 4 is 6.09 Å². The van der Waals surface area contributed by atoms with Gasteiger partial charge >= 0.3 is 6.09 Å². The van der Waals surface area contributed by atoms with Gasteiger partial charge in [-0.1, -0.05) is 50.2 Å². The van der Waals surface area contributed by atoms with Crippen LogP contribution in [0.5, 0.6) is 5.75 Å². The van der Waals surface area contributed by atoms with Crippen LogP contribution in [0.15, 0.2) is 48.5 Å². The Hall–Kier alpha value is -2.57. The molecule has 1 atom stereocenters. The summed E-state index contributed by atoms with van der Waals surface area (Å²) in [4.78, 5) is 18.4. The van der Waals surface area contributed by atoms with Gasteiger partial charge in [-0.15, -0.1) is 0 Å². The summed E-state index contributed by atoms with van der Waals surface area (Å²) in [7, 11) is 1.71. The van der Waals surface area contributed by atoms with Gasteiger partial charge in [0.05, 0.1) is 7.11 Å². The maximum Gasteiger partial charge on any atom is 0.407 e. The molecule has 2 aromatic rings. The van der Waals surface area contributed by atoms with Gasteiger partial charge in [-0.3, -0.25) is 9.80 Å². The Bertz CT molecular complexity index is 1050. The number of carbonyl (C=O) groups is 1. The summed E-state index contributed by atoms with van der Waals surface area (Å²) in [5.41, 5.74) is 4.67. The van der Waals surface area contributed by atoms with Gasteiger partial charge in [-0.25, -0.2) is 4.79 Å². The average molecular weight is 506 g/mol. The molecule has 2 saturated heterocycles. The molecule has 0 bridgehead atoms. The minimum atomic E-state index is -0.762. The molecule has 5 rings (SSSR count). The summed E-state index contributed by atoms with van der Waals surface area (Å²) in [6.07, 6.45) is 4.76. The molecule has 200 valence electrons. The van der Waals surface area contributed by atoms with Gasteiger partial charge in [0.1, 0.15) is 5.75 Å². The Morgan fingerprint density at radius 3 is 2.38 bits per heavy atom. The molecule has 0 radical (unpaired) electrons. The van der Waals surface area contributed by atoms with Gasteiger partial charge in [-0.2, -0.15) is 0 Å². The lowest BCUT2D eigenvalue weighted by atomic mass is 9.59. The zero-order chi connectivity index (χ0) is 26.0. The first-order valence-electron chi connectivity index (χ1n) is 14.1. The van der Waals surface area contributed by atoms with Crippen molar-refractivity contribution < 1.29 is 14.6 Å². The van der Waals surface area contributed by atoms with Gasteiger partial charge in [0.15, 0.2) is 0 Å². The summed E-state index contributed by atoms with van der Waals surface area (Å²) >= 11 is 0. The van der Waals surface area contributed by atoms with Crippen molar-refractivity contribution in [1.82, 2.24) is 14.7 Å². The van der Waals surface area contributed by atoms with E-state index in [1.165, 1.54) is 29.5 Å². The predicted molar refractivity (Wildman–Crippen MR) is 147 cm³/mol. The van der Waals surface area contributed by atoms with Crippen LogP contribution in [0.25, 0.3) is 0 Å². The molecule has 3 fully saturated rings. The van der Waals surface area contributed by atoms with Crippen LogP contribution in [0.2, 0.25) is 0 Å². The number of piperidine rings is 1. The van der Waals surface area contributed by atoms with Gasteiger partial charge < -0.3 is 14.7 Å². The molecular formula is C31H43N3O3. The third-order valence-corrected chi connectivity index (χ3v) is 9.26. The van der Waals surface area contributed by atoms with E-state index in [0.717, 1.165) is 51.2 Å². The molecular weight excluding hydrogens is 462 g/mol. The highest BCUT2D eigenvalue weighted by Gasteiger charge is 2.50. The second kappa shape index (κ2) is 11.0. The maximum absolute atomic E-state index is 11.4. The third-order valence-electron chi connectivity index (χ3n) is 9.26. The lowest BCUT2D eigenvalue weighted by molar-refractivity contribution is -0.0739. The Morgan fingerprint density at radius 2 is 1.73 bits per heavy atom. The number of nitrogens with zero attached hydrogens (tertiary/aromatic N) is 3. The lowest BCUT2D eigenvalue weighted by Gasteiger charge is -2.58. The van der Waals surface area contributed by atoms with Crippen molar-refractivity contribution in [3.63, 3.8) is 0 Å². The molecule has 1 spiro atoms. The van der Waals surface area contributed by atoms with Crippen LogP contribution in [-0.4, -0.2) is 78.3 Å². The predicted octanol–water partition coefficient (Wildman–Crippen LogP) is 5.64. The fourth-order valence-corrected chi connectivity index (χ4v) is 6.95. The number of methoxy groups -OCH3 is 1. The van der Waals surface area contributed by atoms with Gasteiger partial charge in [0.25, 0.3) is 0 Å². The van der Waals surface area contributed by atoms with E-state index in [9.17, 15) is 9.90 Å². The topological polar surface area (TPSA) is 56.2 Å². The van der Waals surface area contributed by atoms with Crippen LogP contribution in [0, 0.1) is 5.41 Å². The van der Waals surface area contributed by atoms with Crippen LogP contribution in [0.3, 0.4) is 0 Å². The molecule has 1 unspecified atom stereocenters. The average Bonchev–Trinajstić information content (AvgIpc) is 2.90. The zero-order valence-electron chi connectivity index (χ0n) is 22.7. The molecule has 2 aliphatic heterocycles. The van der Waals surface area contributed by atoms with E-state index >= 15 is 0 Å². The molecule has 3 aliphatic rings. The molecule has 0 aromatic heterocycles. The van der Waals surface area contributed by atoms with Crippen LogP contribution in [0.4, 0.5) is 4.79 Å². The Kier molecular flexibility index (Phi) is 7.77. The van der Waals surface area contributed by atoms with Crippen molar-refractivity contribution in [2.24, 2.45) is 5.41 Å². The third kappa shape index (κ3) is 5.65. The molecule has 37 heavy (non-hydrogen) atoms. The second-order valence-electron chi connectivity index (χ2n) is 11.8. The highest BCUT2D eigenvalue weighted by atomic mass is 16.5. The monoisotopic (exact) mass is 505 g/mol. The molecule has 1 saturated carbocycles. The van der Waals surface area contributed by atoms with E-state index in [0.29, 0.717) is 36.5 Å². The van der Waals surface area contributed by atoms with Crippen molar-refractivity contribution in [3.8, 4) is 5.75 Å². The van der Waals surface area contributed by atoms with Crippen molar-refractivity contribution in [2.45, 2.75) is 64.0 Å². The van der Waals surface area contributed by atoms with Gasteiger partial charge in [0, 0.05) is 51.4 Å². The van der Waals surface area contributed by atoms with Crippen LogP contribution in [0.1, 0.15) is 68.2 Å². The minimum absolute atomic E-state index is 0.351. The van der Waals surface area contributed by atoms with E-state index in [1.807, 2.05) is 0 Å². The molecule has 1 amide bonds. The van der Waals surface area contributed by atoms with E-state index in [-0.39, 0.29) is 0 Å². The maximum atomic E-state index is 11.4. The Balaban J connectivity index is 1.28. The Labute approximate surface area is 222 Å². The number of hydrogen-bond acceptors (Lipinski definition) is 4. The fraction of sp³-hybridized carbons (Fsp3) is 0.581. The summed E-state index contributed by atoms with van der Waals surface area (Å²) in [6, 6.07) is 18.6. The van der Waals surface area contributed by atoms with Crippen molar-refractivity contribution in [1.29, 1.82) is 0 Å². The Morgan fingerprint density at radius 1 is 1.03 bits per heavy atom. The number of carboxylic acid groups (broad SMARTS) is 1. The van der Waals surface area contributed by atoms with Gasteiger partial charge in [0.2, 0.25) is 0 Å².